The zero-order valence-electron chi connectivity index (χ0n) is 4.84. The average molecular weight is 274 g/mol. The van der Waals surface area contributed by atoms with Gasteiger partial charge in [-0.3, -0.25) is 8.42 Å². The summed E-state index contributed by atoms with van der Waals surface area (Å²) in [5.74, 6) is 0. The second kappa shape index (κ2) is 29.5. The van der Waals surface area contributed by atoms with E-state index in [1.165, 1.54) is 0 Å². The van der Waals surface area contributed by atoms with Crippen LogP contribution in [0.4, 0.5) is 0 Å². The third-order valence-corrected chi connectivity index (χ3v) is 0. The van der Waals surface area contributed by atoms with Crippen LogP contribution in [0.15, 0.2) is 0 Å². The molecule has 83 valence electrons. The average Bonchev–Trinajstić information content (AvgIpc) is 0.722. The van der Waals surface area contributed by atoms with Crippen LogP contribution in [0.3, 0.4) is 0 Å². The Balaban J connectivity index is -0.00000000381. The van der Waals surface area contributed by atoms with Crippen molar-refractivity contribution < 1.29 is 62.0 Å². The Labute approximate surface area is 101 Å². The molecule has 0 aromatic rings. The van der Waals surface area contributed by atoms with Crippen molar-refractivity contribution in [3.63, 3.8) is 0 Å². The van der Waals surface area contributed by atoms with E-state index in [4.69, 9.17) is 17.5 Å². The second-order valence-electron chi connectivity index (χ2n) is 0.408. The Morgan fingerprint density at radius 2 is 0.750 bits per heavy atom. The first kappa shape index (κ1) is 72.8. The molecule has 0 unspecified atom stereocenters. The van der Waals surface area contributed by atoms with E-state index < -0.39 is 10.4 Å². The van der Waals surface area contributed by atoms with Crippen LogP contribution in [-0.4, -0.2) is 74.5 Å². The Morgan fingerprint density at radius 1 is 0.750 bits per heavy atom. The summed E-state index contributed by atoms with van der Waals surface area (Å²) in [4.78, 5) is 0. The summed E-state index contributed by atoms with van der Waals surface area (Å²) >= 11 is 0. The Hall–Kier alpha value is 1.19. The SMILES string of the molecule is O.O.O.O.O.O=S(=O)([O-])[O-].[Cu+2].[NaH]. The second-order valence-corrected chi connectivity index (χ2v) is 1.22. The summed E-state index contributed by atoms with van der Waals surface area (Å²) in [5, 5.41) is 0. The number of hydrogen-bond donors (Lipinski definition) is 0. The molecule has 0 aromatic carbocycles. The van der Waals surface area contributed by atoms with Gasteiger partial charge in [0.15, 0.2) is 0 Å². The van der Waals surface area contributed by atoms with E-state index in [0.29, 0.717) is 0 Å². The quantitative estimate of drug-likeness (QED) is 0.237. The van der Waals surface area contributed by atoms with Gasteiger partial charge < -0.3 is 36.5 Å². The van der Waals surface area contributed by atoms with Crippen LogP contribution in [0.2, 0.25) is 0 Å². The molecule has 0 aliphatic rings. The van der Waals surface area contributed by atoms with Gasteiger partial charge in [-0.15, -0.1) is 0 Å². The first-order valence-electron chi connectivity index (χ1n) is 0.667. The van der Waals surface area contributed by atoms with E-state index in [1.54, 1.807) is 0 Å². The molecule has 12 heavy (non-hydrogen) atoms. The maximum atomic E-state index is 8.52. The predicted octanol–water partition coefficient (Wildman–Crippen LogP) is -6.11. The van der Waals surface area contributed by atoms with Crippen LogP contribution in [-0.2, 0) is 27.5 Å². The van der Waals surface area contributed by atoms with Gasteiger partial charge in [-0.2, -0.15) is 0 Å². The van der Waals surface area contributed by atoms with E-state index in [0.717, 1.165) is 0 Å². The van der Waals surface area contributed by atoms with Crippen LogP contribution in [0.25, 0.3) is 0 Å². The summed E-state index contributed by atoms with van der Waals surface area (Å²) in [6.07, 6.45) is 0. The van der Waals surface area contributed by atoms with Gasteiger partial charge >= 0.3 is 46.6 Å². The number of hydrogen-bond acceptors (Lipinski definition) is 4. The summed E-state index contributed by atoms with van der Waals surface area (Å²) in [7, 11) is -5.17. The summed E-state index contributed by atoms with van der Waals surface area (Å²) in [5.41, 5.74) is 0. The van der Waals surface area contributed by atoms with Crippen molar-refractivity contribution in [1.29, 1.82) is 0 Å². The summed E-state index contributed by atoms with van der Waals surface area (Å²) in [6, 6.07) is 0. The zero-order valence-corrected chi connectivity index (χ0v) is 6.60. The molecule has 0 aliphatic heterocycles. The van der Waals surface area contributed by atoms with Crippen molar-refractivity contribution in [1.82, 2.24) is 0 Å². The molecule has 0 atom stereocenters. The molecular formula is H11CuNaO9S. The van der Waals surface area contributed by atoms with Crippen molar-refractivity contribution in [3.05, 3.63) is 0 Å². The fourth-order valence-corrected chi connectivity index (χ4v) is 0. The van der Waals surface area contributed by atoms with Crippen molar-refractivity contribution >= 4 is 40.0 Å². The summed E-state index contributed by atoms with van der Waals surface area (Å²) in [6.45, 7) is 0. The van der Waals surface area contributed by atoms with Crippen LogP contribution in [0.5, 0.6) is 0 Å². The third-order valence-electron chi connectivity index (χ3n) is 0. The van der Waals surface area contributed by atoms with Crippen molar-refractivity contribution in [3.8, 4) is 0 Å². The Bertz CT molecular complexity index is 97.7. The zero-order chi connectivity index (χ0) is 4.50. The molecule has 9 nitrogen and oxygen atoms in total. The fourth-order valence-electron chi connectivity index (χ4n) is 0. The van der Waals surface area contributed by atoms with Gasteiger partial charge in [-0.1, -0.05) is 0 Å². The minimum absolute atomic E-state index is 0. The normalized spacial score (nSPS) is 4.83. The summed E-state index contributed by atoms with van der Waals surface area (Å²) < 4.78 is 34.1. The molecule has 12 heteroatoms. The number of rotatable bonds is 0. The fraction of sp³-hybridized carbons (Fsp3) is 0. The van der Waals surface area contributed by atoms with Crippen molar-refractivity contribution in [2.75, 3.05) is 0 Å². The Kier molecular flexibility index (Phi) is 179. The van der Waals surface area contributed by atoms with Gasteiger partial charge in [0.05, 0.1) is 0 Å². The molecule has 0 aliphatic carbocycles. The van der Waals surface area contributed by atoms with Gasteiger partial charge in [0.25, 0.3) is 0 Å². The monoisotopic (exact) mass is 273 g/mol. The van der Waals surface area contributed by atoms with E-state index >= 15 is 0 Å². The van der Waals surface area contributed by atoms with Crippen molar-refractivity contribution in [2.45, 2.75) is 0 Å². The van der Waals surface area contributed by atoms with Crippen LogP contribution in [0, 0.1) is 0 Å². The Morgan fingerprint density at radius 3 is 0.750 bits per heavy atom. The molecule has 0 spiro atoms. The molecule has 0 bridgehead atoms. The molecule has 0 amide bonds. The van der Waals surface area contributed by atoms with E-state index in [2.05, 4.69) is 0 Å². The predicted molar refractivity (Wildman–Crippen MR) is 35.7 cm³/mol. The van der Waals surface area contributed by atoms with Gasteiger partial charge in [-0.05, 0) is 0 Å². The molecule has 0 rings (SSSR count). The molecule has 1 radical (unpaired) electrons. The van der Waals surface area contributed by atoms with Crippen molar-refractivity contribution in [2.24, 2.45) is 0 Å². The molecule has 10 N–H and O–H groups in total. The molecular weight excluding hydrogens is 263 g/mol. The van der Waals surface area contributed by atoms with E-state index in [1.807, 2.05) is 0 Å². The maximum absolute atomic E-state index is 8.52. The van der Waals surface area contributed by atoms with Crippen LogP contribution < -0.4 is 0 Å². The van der Waals surface area contributed by atoms with E-state index in [-0.39, 0.29) is 74.0 Å². The van der Waals surface area contributed by atoms with Gasteiger partial charge in [0.1, 0.15) is 0 Å². The molecule has 0 saturated heterocycles. The van der Waals surface area contributed by atoms with Gasteiger partial charge in [0, 0.05) is 10.4 Å². The molecule has 0 fully saturated rings. The topological polar surface area (TPSA) is 238 Å². The molecule has 0 saturated carbocycles. The molecule has 0 heterocycles. The minimum atomic E-state index is -5.17. The first-order valence-corrected chi connectivity index (χ1v) is 2.00. The van der Waals surface area contributed by atoms with Crippen LogP contribution in [0.1, 0.15) is 0 Å². The van der Waals surface area contributed by atoms with Gasteiger partial charge in [0.2, 0.25) is 0 Å². The van der Waals surface area contributed by atoms with Gasteiger partial charge in [-0.25, -0.2) is 0 Å². The third kappa shape index (κ3) is 821. The molecule has 0 aromatic heterocycles. The van der Waals surface area contributed by atoms with Crippen LogP contribution >= 0.6 is 0 Å². The standard InChI is InChI=1S/Cu.Na.H2O4S.5H2O.H/c;;1-5(2,3)4;;;;;;/h;;(H2,1,2,3,4);5*1H2;/q+2;;;;;;;;/p-2. The first-order chi connectivity index (χ1) is 2.00. The van der Waals surface area contributed by atoms with E-state index in [9.17, 15) is 0 Å².